The molecule has 0 fully saturated rings. The van der Waals surface area contributed by atoms with Crippen LogP contribution in [-0.4, -0.2) is 18.0 Å². The summed E-state index contributed by atoms with van der Waals surface area (Å²) in [6, 6.07) is 5.38. The quantitative estimate of drug-likeness (QED) is 0.844. The minimum atomic E-state index is -0.0921. The first-order valence-corrected chi connectivity index (χ1v) is 6.18. The Morgan fingerprint density at radius 1 is 1.41 bits per heavy atom. The standard InChI is InChI=1S/C13H12O3S/c1-2-16-12-4-3-10(9-5-6-17-8-9)11(7-14)13(12)15/h3-8,15H,2H2,1H3. The first-order chi connectivity index (χ1) is 8.27. The molecule has 2 rings (SSSR count). The zero-order valence-corrected chi connectivity index (χ0v) is 10.2. The second-order valence-corrected chi connectivity index (χ2v) is 4.22. The highest BCUT2D eigenvalue weighted by atomic mass is 32.1. The van der Waals surface area contributed by atoms with Crippen LogP contribution in [0, 0.1) is 0 Å². The number of aldehydes is 1. The number of aromatic hydroxyl groups is 1. The van der Waals surface area contributed by atoms with Gasteiger partial charge in [-0.25, -0.2) is 0 Å². The highest BCUT2D eigenvalue weighted by Crippen LogP contribution is 2.36. The molecule has 0 unspecified atom stereocenters. The van der Waals surface area contributed by atoms with Gasteiger partial charge in [0, 0.05) is 0 Å². The van der Waals surface area contributed by atoms with Crippen molar-refractivity contribution in [2.45, 2.75) is 6.92 Å². The highest BCUT2D eigenvalue weighted by Gasteiger charge is 2.14. The van der Waals surface area contributed by atoms with Crippen molar-refractivity contribution >= 4 is 17.6 Å². The highest BCUT2D eigenvalue weighted by molar-refractivity contribution is 7.08. The van der Waals surface area contributed by atoms with Crippen molar-refractivity contribution in [3.05, 3.63) is 34.5 Å². The van der Waals surface area contributed by atoms with E-state index < -0.39 is 0 Å². The number of carbonyl (C=O) groups is 1. The van der Waals surface area contributed by atoms with Crippen molar-refractivity contribution in [1.29, 1.82) is 0 Å². The van der Waals surface area contributed by atoms with Gasteiger partial charge in [-0.15, -0.1) is 0 Å². The summed E-state index contributed by atoms with van der Waals surface area (Å²) in [4.78, 5) is 11.1. The first-order valence-electron chi connectivity index (χ1n) is 5.24. The summed E-state index contributed by atoms with van der Waals surface area (Å²) in [5, 5.41) is 13.8. The summed E-state index contributed by atoms with van der Waals surface area (Å²) in [6.45, 7) is 2.27. The fourth-order valence-electron chi connectivity index (χ4n) is 1.65. The van der Waals surface area contributed by atoms with Crippen LogP contribution in [0.5, 0.6) is 11.5 Å². The third-order valence-corrected chi connectivity index (χ3v) is 3.11. The molecule has 0 aliphatic rings. The van der Waals surface area contributed by atoms with Gasteiger partial charge in [0.1, 0.15) is 0 Å². The maximum atomic E-state index is 11.1. The second-order valence-electron chi connectivity index (χ2n) is 3.44. The van der Waals surface area contributed by atoms with Gasteiger partial charge in [-0.1, -0.05) is 0 Å². The molecule has 1 aromatic carbocycles. The number of rotatable bonds is 4. The third-order valence-electron chi connectivity index (χ3n) is 2.43. The Bertz CT molecular complexity index is 518. The van der Waals surface area contributed by atoms with Gasteiger partial charge in [0.25, 0.3) is 0 Å². The lowest BCUT2D eigenvalue weighted by molar-refractivity contribution is 0.112. The van der Waals surface area contributed by atoms with Crippen LogP contribution in [0.1, 0.15) is 17.3 Å². The molecular weight excluding hydrogens is 236 g/mol. The lowest BCUT2D eigenvalue weighted by Gasteiger charge is -2.10. The van der Waals surface area contributed by atoms with Gasteiger partial charge >= 0.3 is 0 Å². The van der Waals surface area contributed by atoms with Crippen molar-refractivity contribution in [1.82, 2.24) is 0 Å². The van der Waals surface area contributed by atoms with Crippen LogP contribution in [0.25, 0.3) is 11.1 Å². The summed E-state index contributed by atoms with van der Waals surface area (Å²) in [7, 11) is 0. The van der Waals surface area contributed by atoms with E-state index in [4.69, 9.17) is 4.74 Å². The van der Waals surface area contributed by atoms with Gasteiger partial charge in [0.15, 0.2) is 17.8 Å². The van der Waals surface area contributed by atoms with Crippen LogP contribution in [0.2, 0.25) is 0 Å². The molecule has 0 atom stereocenters. The first kappa shape index (κ1) is 11.7. The molecule has 0 radical (unpaired) electrons. The molecule has 0 spiro atoms. The smallest absolute Gasteiger partial charge is 0.169 e. The van der Waals surface area contributed by atoms with E-state index in [9.17, 15) is 9.90 Å². The van der Waals surface area contributed by atoms with Gasteiger partial charge in [0.2, 0.25) is 0 Å². The fourth-order valence-corrected chi connectivity index (χ4v) is 2.30. The molecule has 0 aliphatic heterocycles. The molecule has 0 aliphatic carbocycles. The zero-order chi connectivity index (χ0) is 12.3. The summed E-state index contributed by atoms with van der Waals surface area (Å²) in [5.74, 6) is 0.249. The summed E-state index contributed by atoms with van der Waals surface area (Å²) in [6.07, 6.45) is 0.658. The fraction of sp³-hybridized carbons (Fsp3) is 0.154. The lowest BCUT2D eigenvalue weighted by atomic mass is 10.0. The summed E-state index contributed by atoms with van der Waals surface area (Å²) >= 11 is 1.55. The predicted octanol–water partition coefficient (Wildman–Crippen LogP) is 3.33. The second kappa shape index (κ2) is 5.01. The van der Waals surface area contributed by atoms with Crippen LogP contribution in [0.15, 0.2) is 29.0 Å². The van der Waals surface area contributed by atoms with E-state index in [0.717, 1.165) is 11.1 Å². The number of hydrogen-bond donors (Lipinski definition) is 1. The Kier molecular flexibility index (Phi) is 3.44. The van der Waals surface area contributed by atoms with Crippen molar-refractivity contribution in [3.8, 4) is 22.6 Å². The molecular formula is C13H12O3S. The minimum absolute atomic E-state index is 0.0921. The third kappa shape index (κ3) is 2.17. The minimum Gasteiger partial charge on any atom is -0.504 e. The monoisotopic (exact) mass is 248 g/mol. The van der Waals surface area contributed by atoms with Crippen molar-refractivity contribution in [3.63, 3.8) is 0 Å². The van der Waals surface area contributed by atoms with Gasteiger partial charge in [0.05, 0.1) is 12.2 Å². The van der Waals surface area contributed by atoms with E-state index in [-0.39, 0.29) is 11.3 Å². The van der Waals surface area contributed by atoms with Gasteiger partial charge in [-0.2, -0.15) is 11.3 Å². The zero-order valence-electron chi connectivity index (χ0n) is 9.34. The number of phenolic OH excluding ortho intramolecular Hbond substituents is 1. The number of ether oxygens (including phenoxy) is 1. The Morgan fingerprint density at radius 2 is 2.24 bits per heavy atom. The van der Waals surface area contributed by atoms with Gasteiger partial charge in [-0.05, 0) is 47.0 Å². The number of thiophene rings is 1. The maximum Gasteiger partial charge on any atom is 0.169 e. The largest absolute Gasteiger partial charge is 0.504 e. The summed E-state index contributed by atoms with van der Waals surface area (Å²) in [5.41, 5.74) is 1.92. The Balaban J connectivity index is 2.55. The molecule has 88 valence electrons. The normalized spacial score (nSPS) is 10.2. The Hall–Kier alpha value is -1.81. The van der Waals surface area contributed by atoms with Crippen LogP contribution in [0.4, 0.5) is 0 Å². The van der Waals surface area contributed by atoms with Crippen LogP contribution in [0.3, 0.4) is 0 Å². The molecule has 1 aromatic heterocycles. The number of carbonyl (C=O) groups excluding carboxylic acids is 1. The average molecular weight is 248 g/mol. The Labute approximate surface area is 103 Å². The number of phenols is 1. The van der Waals surface area contributed by atoms with Crippen LogP contribution in [-0.2, 0) is 0 Å². The topological polar surface area (TPSA) is 46.5 Å². The molecule has 1 N–H and O–H groups in total. The van der Waals surface area contributed by atoms with E-state index in [1.165, 1.54) is 0 Å². The SMILES string of the molecule is CCOc1ccc(-c2ccsc2)c(C=O)c1O. The molecule has 4 heteroatoms. The molecule has 1 heterocycles. The number of benzene rings is 1. The average Bonchev–Trinajstić information content (AvgIpc) is 2.85. The van der Waals surface area contributed by atoms with Crippen molar-refractivity contribution in [2.24, 2.45) is 0 Å². The van der Waals surface area contributed by atoms with Crippen molar-refractivity contribution < 1.29 is 14.6 Å². The molecule has 0 saturated carbocycles. The van der Waals surface area contributed by atoms with E-state index in [0.29, 0.717) is 18.6 Å². The molecule has 0 bridgehead atoms. The van der Waals surface area contributed by atoms with Crippen LogP contribution < -0.4 is 4.74 Å². The number of hydrogen-bond acceptors (Lipinski definition) is 4. The van der Waals surface area contributed by atoms with Gasteiger partial charge in [-0.3, -0.25) is 4.79 Å². The van der Waals surface area contributed by atoms with E-state index >= 15 is 0 Å². The van der Waals surface area contributed by atoms with E-state index in [1.54, 1.807) is 23.5 Å². The van der Waals surface area contributed by atoms with Crippen molar-refractivity contribution in [2.75, 3.05) is 6.61 Å². The summed E-state index contributed by atoms with van der Waals surface area (Å²) < 4.78 is 5.25. The Morgan fingerprint density at radius 3 is 2.82 bits per heavy atom. The predicted molar refractivity (Wildman–Crippen MR) is 68.0 cm³/mol. The molecule has 2 aromatic rings. The van der Waals surface area contributed by atoms with E-state index in [1.807, 2.05) is 23.8 Å². The van der Waals surface area contributed by atoms with Gasteiger partial charge < -0.3 is 9.84 Å². The lowest BCUT2D eigenvalue weighted by Crippen LogP contribution is -1.95. The molecule has 17 heavy (non-hydrogen) atoms. The molecule has 0 saturated heterocycles. The maximum absolute atomic E-state index is 11.1. The molecule has 3 nitrogen and oxygen atoms in total. The van der Waals surface area contributed by atoms with Crippen LogP contribution >= 0.6 is 11.3 Å². The van der Waals surface area contributed by atoms with E-state index in [2.05, 4.69) is 0 Å². The molecule has 0 amide bonds.